The highest BCUT2D eigenvalue weighted by Gasteiger charge is 2.19. The third-order valence-corrected chi connectivity index (χ3v) is 3.17. The lowest BCUT2D eigenvalue weighted by atomic mass is 9.97. The van der Waals surface area contributed by atoms with Crippen molar-refractivity contribution in [3.63, 3.8) is 0 Å². The molecule has 1 aromatic carbocycles. The van der Waals surface area contributed by atoms with Crippen LogP contribution >= 0.6 is 0 Å². The summed E-state index contributed by atoms with van der Waals surface area (Å²) in [5.41, 5.74) is 3.40. The highest BCUT2D eigenvalue weighted by atomic mass is 16.7. The standard InChI is InChI=1S/C13H16O4/c1-8-9(2)13-11(16-7-17-13)6-10(8)4-3-5-12(14)15/h6H,3-5,7H2,1-2H3,(H,14,15). The minimum Gasteiger partial charge on any atom is -0.481 e. The van der Waals surface area contributed by atoms with E-state index in [9.17, 15) is 4.79 Å². The Hall–Kier alpha value is -1.71. The fraction of sp³-hybridized carbons (Fsp3) is 0.462. The van der Waals surface area contributed by atoms with E-state index in [0.29, 0.717) is 6.42 Å². The molecule has 2 rings (SSSR count). The molecule has 17 heavy (non-hydrogen) atoms. The first-order valence-corrected chi connectivity index (χ1v) is 5.70. The van der Waals surface area contributed by atoms with Crippen LogP contribution in [0.25, 0.3) is 0 Å². The van der Waals surface area contributed by atoms with Crippen molar-refractivity contribution in [2.75, 3.05) is 6.79 Å². The zero-order valence-electron chi connectivity index (χ0n) is 10.1. The molecule has 4 nitrogen and oxygen atoms in total. The van der Waals surface area contributed by atoms with Gasteiger partial charge in [-0.25, -0.2) is 0 Å². The molecule has 1 aromatic rings. The Labute approximate surface area is 100 Å². The van der Waals surface area contributed by atoms with Gasteiger partial charge in [0.05, 0.1) is 0 Å². The fourth-order valence-corrected chi connectivity index (χ4v) is 2.06. The predicted octanol–water partition coefficient (Wildman–Crippen LogP) is 2.44. The number of carboxylic acids is 1. The summed E-state index contributed by atoms with van der Waals surface area (Å²) in [5.74, 6) is 0.850. The molecule has 0 spiro atoms. The summed E-state index contributed by atoms with van der Waals surface area (Å²) < 4.78 is 10.8. The van der Waals surface area contributed by atoms with Gasteiger partial charge in [0, 0.05) is 6.42 Å². The summed E-state index contributed by atoms with van der Waals surface area (Å²) in [7, 11) is 0. The Morgan fingerprint density at radius 3 is 2.82 bits per heavy atom. The van der Waals surface area contributed by atoms with Crippen LogP contribution in [0.1, 0.15) is 29.5 Å². The Balaban J connectivity index is 2.17. The van der Waals surface area contributed by atoms with Crippen LogP contribution in [0.15, 0.2) is 6.07 Å². The van der Waals surface area contributed by atoms with Crippen molar-refractivity contribution < 1.29 is 19.4 Å². The number of hydrogen-bond acceptors (Lipinski definition) is 3. The highest BCUT2D eigenvalue weighted by Crippen LogP contribution is 2.39. The van der Waals surface area contributed by atoms with Gasteiger partial charge in [-0.1, -0.05) is 0 Å². The molecule has 0 fully saturated rings. The second-order valence-corrected chi connectivity index (χ2v) is 4.27. The van der Waals surface area contributed by atoms with E-state index in [0.717, 1.165) is 29.0 Å². The molecule has 0 aliphatic carbocycles. The first-order valence-electron chi connectivity index (χ1n) is 5.70. The molecule has 1 aliphatic rings. The molecule has 0 radical (unpaired) electrons. The Morgan fingerprint density at radius 1 is 1.35 bits per heavy atom. The van der Waals surface area contributed by atoms with Crippen LogP contribution in [-0.4, -0.2) is 17.9 Å². The number of aliphatic carboxylic acids is 1. The van der Waals surface area contributed by atoms with Gasteiger partial charge in [-0.3, -0.25) is 4.79 Å². The first-order chi connectivity index (χ1) is 8.09. The number of benzene rings is 1. The smallest absolute Gasteiger partial charge is 0.303 e. The quantitative estimate of drug-likeness (QED) is 0.872. The van der Waals surface area contributed by atoms with Crippen LogP contribution in [0.5, 0.6) is 11.5 Å². The predicted molar refractivity (Wildman–Crippen MR) is 62.6 cm³/mol. The first kappa shape index (κ1) is 11.8. The molecule has 1 aliphatic heterocycles. The van der Waals surface area contributed by atoms with Crippen LogP contribution < -0.4 is 9.47 Å². The molecular formula is C13H16O4. The van der Waals surface area contributed by atoms with Gasteiger partial charge in [0.15, 0.2) is 11.5 Å². The fourth-order valence-electron chi connectivity index (χ4n) is 2.06. The SMILES string of the molecule is Cc1c(CCCC(=O)O)cc2c(c1C)OCO2. The van der Waals surface area contributed by atoms with E-state index in [-0.39, 0.29) is 13.2 Å². The van der Waals surface area contributed by atoms with Crippen LogP contribution in [0, 0.1) is 13.8 Å². The van der Waals surface area contributed by atoms with Gasteiger partial charge in [0.2, 0.25) is 6.79 Å². The Morgan fingerprint density at radius 2 is 2.12 bits per heavy atom. The molecule has 1 heterocycles. The molecule has 4 heteroatoms. The van der Waals surface area contributed by atoms with E-state index >= 15 is 0 Å². The van der Waals surface area contributed by atoms with E-state index < -0.39 is 5.97 Å². The van der Waals surface area contributed by atoms with Gasteiger partial charge >= 0.3 is 5.97 Å². The average molecular weight is 236 g/mol. The molecule has 0 aromatic heterocycles. The number of fused-ring (bicyclic) bond motifs is 1. The minimum absolute atomic E-state index is 0.201. The number of rotatable bonds is 4. The highest BCUT2D eigenvalue weighted by molar-refractivity contribution is 5.66. The van der Waals surface area contributed by atoms with Crippen molar-refractivity contribution >= 4 is 5.97 Å². The van der Waals surface area contributed by atoms with E-state index in [1.54, 1.807) is 0 Å². The molecular weight excluding hydrogens is 220 g/mol. The van der Waals surface area contributed by atoms with E-state index in [1.807, 2.05) is 19.9 Å². The summed E-state index contributed by atoms with van der Waals surface area (Å²) in [6, 6.07) is 1.96. The van der Waals surface area contributed by atoms with Gasteiger partial charge in [-0.15, -0.1) is 0 Å². The summed E-state index contributed by atoms with van der Waals surface area (Å²) in [5, 5.41) is 8.63. The molecule has 1 N–H and O–H groups in total. The Bertz CT molecular complexity index is 451. The largest absolute Gasteiger partial charge is 0.481 e. The zero-order valence-corrected chi connectivity index (χ0v) is 10.1. The molecule has 0 saturated heterocycles. The van der Waals surface area contributed by atoms with Gasteiger partial charge in [-0.05, 0) is 49.4 Å². The topological polar surface area (TPSA) is 55.8 Å². The lowest BCUT2D eigenvalue weighted by molar-refractivity contribution is -0.137. The summed E-state index contributed by atoms with van der Waals surface area (Å²) in [6.07, 6.45) is 1.61. The van der Waals surface area contributed by atoms with E-state index in [4.69, 9.17) is 14.6 Å². The maximum absolute atomic E-state index is 10.5. The van der Waals surface area contributed by atoms with E-state index in [1.165, 1.54) is 5.56 Å². The lowest BCUT2D eigenvalue weighted by Crippen LogP contribution is -1.98. The maximum atomic E-state index is 10.5. The third kappa shape index (κ3) is 2.35. The number of hydrogen-bond donors (Lipinski definition) is 1. The van der Waals surface area contributed by atoms with Crippen LogP contribution in [0.3, 0.4) is 0 Å². The van der Waals surface area contributed by atoms with Gasteiger partial charge in [0.25, 0.3) is 0 Å². The van der Waals surface area contributed by atoms with Gasteiger partial charge in [0.1, 0.15) is 0 Å². The minimum atomic E-state index is -0.750. The Kier molecular flexibility index (Phi) is 3.22. The van der Waals surface area contributed by atoms with Crippen molar-refractivity contribution in [1.29, 1.82) is 0 Å². The second-order valence-electron chi connectivity index (χ2n) is 4.27. The molecule has 0 saturated carbocycles. The second kappa shape index (κ2) is 4.65. The van der Waals surface area contributed by atoms with Gasteiger partial charge in [-0.2, -0.15) is 0 Å². The monoisotopic (exact) mass is 236 g/mol. The maximum Gasteiger partial charge on any atom is 0.303 e. The van der Waals surface area contributed by atoms with Crippen molar-refractivity contribution in [2.45, 2.75) is 33.1 Å². The number of aryl methyl sites for hydroxylation is 1. The normalized spacial score (nSPS) is 12.8. The van der Waals surface area contributed by atoms with Crippen molar-refractivity contribution in [3.8, 4) is 11.5 Å². The van der Waals surface area contributed by atoms with Crippen LogP contribution in [0.2, 0.25) is 0 Å². The van der Waals surface area contributed by atoms with Crippen molar-refractivity contribution in [1.82, 2.24) is 0 Å². The lowest BCUT2D eigenvalue weighted by Gasteiger charge is -2.11. The summed E-state index contributed by atoms with van der Waals surface area (Å²) in [6.45, 7) is 4.31. The molecule has 0 atom stereocenters. The number of carbonyl (C=O) groups is 1. The number of carboxylic acid groups (broad SMARTS) is 1. The van der Waals surface area contributed by atoms with Crippen LogP contribution in [-0.2, 0) is 11.2 Å². The van der Waals surface area contributed by atoms with Gasteiger partial charge < -0.3 is 14.6 Å². The summed E-state index contributed by atoms with van der Waals surface area (Å²) >= 11 is 0. The average Bonchev–Trinajstić information content (AvgIpc) is 2.72. The van der Waals surface area contributed by atoms with Crippen molar-refractivity contribution in [2.24, 2.45) is 0 Å². The number of ether oxygens (including phenoxy) is 2. The third-order valence-electron chi connectivity index (χ3n) is 3.17. The van der Waals surface area contributed by atoms with Crippen molar-refractivity contribution in [3.05, 3.63) is 22.8 Å². The molecule has 0 bridgehead atoms. The van der Waals surface area contributed by atoms with E-state index in [2.05, 4.69) is 0 Å². The zero-order chi connectivity index (χ0) is 12.4. The molecule has 92 valence electrons. The summed E-state index contributed by atoms with van der Waals surface area (Å²) in [4.78, 5) is 10.5. The van der Waals surface area contributed by atoms with Crippen LogP contribution in [0.4, 0.5) is 0 Å². The molecule has 0 unspecified atom stereocenters. The molecule has 0 amide bonds.